The lowest BCUT2D eigenvalue weighted by atomic mass is 10.3. The van der Waals surface area contributed by atoms with E-state index >= 15 is 0 Å². The van der Waals surface area contributed by atoms with Gasteiger partial charge in [0.25, 0.3) is 0 Å². The molecular weight excluding hydrogens is 280 g/mol. The number of aliphatic carboxylic acids is 1. The van der Waals surface area contributed by atoms with Gasteiger partial charge in [-0.25, -0.2) is 0 Å². The highest BCUT2D eigenvalue weighted by molar-refractivity contribution is 7.99. The van der Waals surface area contributed by atoms with Crippen LogP contribution in [0.1, 0.15) is 20.3 Å². The van der Waals surface area contributed by atoms with Gasteiger partial charge in [0.15, 0.2) is 5.16 Å². The van der Waals surface area contributed by atoms with Crippen molar-refractivity contribution in [3.8, 4) is 0 Å². The molecule has 20 heavy (non-hydrogen) atoms. The number of anilines is 1. The summed E-state index contributed by atoms with van der Waals surface area (Å²) in [6.45, 7) is 5.45. The first-order chi connectivity index (χ1) is 9.51. The molecule has 0 aliphatic carbocycles. The monoisotopic (exact) mass is 302 g/mol. The Labute approximate surface area is 123 Å². The average Bonchev–Trinajstić information content (AvgIpc) is 2.79. The Hall–Kier alpha value is -1.28. The lowest BCUT2D eigenvalue weighted by molar-refractivity contribution is -0.133. The molecule has 1 atom stereocenters. The number of thioether (sulfide) groups is 1. The van der Waals surface area contributed by atoms with E-state index in [4.69, 9.17) is 9.84 Å². The number of aromatic nitrogens is 3. The summed E-state index contributed by atoms with van der Waals surface area (Å²) in [6.07, 6.45) is 0.929. The van der Waals surface area contributed by atoms with E-state index in [1.54, 1.807) is 7.11 Å². The first-order valence-corrected chi connectivity index (χ1v) is 7.49. The summed E-state index contributed by atoms with van der Waals surface area (Å²) < 4.78 is 7.11. The normalized spacial score (nSPS) is 12.4. The Morgan fingerprint density at radius 1 is 1.55 bits per heavy atom. The number of likely N-dealkylation sites (N-methyl/N-ethyl adjacent to an activating group) is 1. The minimum atomic E-state index is -0.858. The zero-order valence-corrected chi connectivity index (χ0v) is 13.2. The highest BCUT2D eigenvalue weighted by atomic mass is 32.2. The van der Waals surface area contributed by atoms with E-state index in [1.807, 2.05) is 23.4 Å². The first-order valence-electron chi connectivity index (χ1n) is 6.50. The van der Waals surface area contributed by atoms with Crippen LogP contribution in [0.15, 0.2) is 5.16 Å². The van der Waals surface area contributed by atoms with Crippen molar-refractivity contribution >= 4 is 23.7 Å². The summed E-state index contributed by atoms with van der Waals surface area (Å²) in [7, 11) is 3.60. The smallest absolute Gasteiger partial charge is 0.313 e. The molecule has 1 N–H and O–H groups in total. The lowest BCUT2D eigenvalue weighted by Gasteiger charge is -2.25. The second-order valence-corrected chi connectivity index (χ2v) is 5.47. The number of nitrogens with zero attached hydrogens (tertiary/aromatic N) is 4. The van der Waals surface area contributed by atoms with Gasteiger partial charge in [0.05, 0.1) is 18.4 Å². The standard InChI is InChI=1S/C12H22N4O3S/c1-5-6-16-11(15(3)9(2)7-19-4)13-14-12(16)20-8-10(17)18/h9H,5-8H2,1-4H3,(H,17,18). The molecule has 0 aromatic carbocycles. The summed E-state index contributed by atoms with van der Waals surface area (Å²) in [5.74, 6) is -0.132. The summed E-state index contributed by atoms with van der Waals surface area (Å²) in [5, 5.41) is 17.7. The van der Waals surface area contributed by atoms with Gasteiger partial charge >= 0.3 is 5.97 Å². The van der Waals surface area contributed by atoms with Crippen molar-refractivity contribution in [1.82, 2.24) is 14.8 Å². The maximum atomic E-state index is 10.7. The van der Waals surface area contributed by atoms with E-state index in [0.29, 0.717) is 11.8 Å². The zero-order valence-electron chi connectivity index (χ0n) is 12.4. The Kier molecular flexibility index (Phi) is 6.80. The zero-order chi connectivity index (χ0) is 15.1. The van der Waals surface area contributed by atoms with Gasteiger partial charge < -0.3 is 14.7 Å². The molecule has 0 fully saturated rings. The van der Waals surface area contributed by atoms with E-state index in [0.717, 1.165) is 18.9 Å². The van der Waals surface area contributed by atoms with Gasteiger partial charge in [-0.05, 0) is 13.3 Å². The molecule has 7 nitrogen and oxygen atoms in total. The molecule has 0 aliphatic heterocycles. The molecule has 1 aromatic heterocycles. The van der Waals surface area contributed by atoms with Crippen molar-refractivity contribution in [2.75, 3.05) is 31.4 Å². The van der Waals surface area contributed by atoms with Gasteiger partial charge in [0.2, 0.25) is 5.95 Å². The number of carboxylic acid groups (broad SMARTS) is 1. The number of carboxylic acids is 1. The second-order valence-electron chi connectivity index (χ2n) is 4.53. The Morgan fingerprint density at radius 2 is 2.25 bits per heavy atom. The van der Waals surface area contributed by atoms with Crippen LogP contribution in [0, 0.1) is 0 Å². The fraction of sp³-hybridized carbons (Fsp3) is 0.750. The van der Waals surface area contributed by atoms with E-state index < -0.39 is 5.97 Å². The van der Waals surface area contributed by atoms with Crippen LogP contribution in [-0.2, 0) is 16.1 Å². The second kappa shape index (κ2) is 8.11. The molecule has 0 saturated heterocycles. The largest absolute Gasteiger partial charge is 0.481 e. The summed E-state index contributed by atoms with van der Waals surface area (Å²) >= 11 is 1.19. The van der Waals surface area contributed by atoms with Gasteiger partial charge in [0.1, 0.15) is 0 Å². The summed E-state index contributed by atoms with van der Waals surface area (Å²) in [4.78, 5) is 12.7. The summed E-state index contributed by atoms with van der Waals surface area (Å²) in [5.41, 5.74) is 0. The van der Waals surface area contributed by atoms with Crippen molar-refractivity contribution in [2.45, 2.75) is 38.0 Å². The summed E-state index contributed by atoms with van der Waals surface area (Å²) in [6, 6.07) is 0.164. The van der Waals surface area contributed by atoms with E-state index in [-0.39, 0.29) is 11.8 Å². The highest BCUT2D eigenvalue weighted by Crippen LogP contribution is 2.22. The van der Waals surface area contributed by atoms with Crippen molar-refractivity contribution in [2.24, 2.45) is 0 Å². The highest BCUT2D eigenvalue weighted by Gasteiger charge is 2.19. The Morgan fingerprint density at radius 3 is 2.80 bits per heavy atom. The quantitative estimate of drug-likeness (QED) is 0.689. The molecular formula is C12H22N4O3S. The number of ether oxygens (including phenoxy) is 1. The predicted molar refractivity (Wildman–Crippen MR) is 78.4 cm³/mol. The molecule has 0 bridgehead atoms. The van der Waals surface area contributed by atoms with E-state index in [2.05, 4.69) is 17.1 Å². The van der Waals surface area contributed by atoms with Crippen LogP contribution in [0.5, 0.6) is 0 Å². The Bertz CT molecular complexity index is 438. The molecule has 0 radical (unpaired) electrons. The third-order valence-electron chi connectivity index (χ3n) is 2.85. The molecule has 0 amide bonds. The minimum Gasteiger partial charge on any atom is -0.481 e. The first kappa shape index (κ1) is 16.8. The maximum Gasteiger partial charge on any atom is 0.313 e. The minimum absolute atomic E-state index is 0.0147. The van der Waals surface area contributed by atoms with Crippen LogP contribution < -0.4 is 4.90 Å². The van der Waals surface area contributed by atoms with Gasteiger partial charge in [-0.2, -0.15) is 0 Å². The van der Waals surface area contributed by atoms with Crippen molar-refractivity contribution < 1.29 is 14.6 Å². The molecule has 0 spiro atoms. The van der Waals surface area contributed by atoms with Crippen molar-refractivity contribution in [3.05, 3.63) is 0 Å². The molecule has 0 saturated carbocycles. The van der Waals surface area contributed by atoms with Gasteiger partial charge in [-0.15, -0.1) is 10.2 Å². The number of carbonyl (C=O) groups is 1. The molecule has 1 heterocycles. The van der Waals surface area contributed by atoms with Crippen LogP contribution in [-0.4, -0.2) is 58.4 Å². The van der Waals surface area contributed by atoms with Gasteiger partial charge in [-0.1, -0.05) is 18.7 Å². The Balaban J connectivity index is 2.92. The molecule has 1 aromatic rings. The van der Waals surface area contributed by atoms with Crippen LogP contribution in [0.3, 0.4) is 0 Å². The molecule has 0 aliphatic rings. The molecule has 114 valence electrons. The topological polar surface area (TPSA) is 80.5 Å². The average molecular weight is 302 g/mol. The van der Waals surface area contributed by atoms with Crippen LogP contribution in [0.25, 0.3) is 0 Å². The molecule has 1 unspecified atom stereocenters. The number of hydrogen-bond donors (Lipinski definition) is 1. The van der Waals surface area contributed by atoms with Crippen LogP contribution in [0.2, 0.25) is 0 Å². The number of hydrogen-bond acceptors (Lipinski definition) is 6. The van der Waals surface area contributed by atoms with Gasteiger partial charge in [0, 0.05) is 20.7 Å². The fourth-order valence-electron chi connectivity index (χ4n) is 1.74. The maximum absolute atomic E-state index is 10.7. The lowest BCUT2D eigenvalue weighted by Crippen LogP contribution is -2.34. The predicted octanol–water partition coefficient (Wildman–Crippen LogP) is 1.34. The third kappa shape index (κ3) is 4.38. The van der Waals surface area contributed by atoms with Gasteiger partial charge in [-0.3, -0.25) is 9.36 Å². The van der Waals surface area contributed by atoms with Crippen LogP contribution >= 0.6 is 11.8 Å². The van der Waals surface area contributed by atoms with E-state index in [9.17, 15) is 4.79 Å². The van der Waals surface area contributed by atoms with Crippen LogP contribution in [0.4, 0.5) is 5.95 Å². The number of methoxy groups -OCH3 is 1. The molecule has 1 rings (SSSR count). The third-order valence-corrected chi connectivity index (χ3v) is 3.81. The van der Waals surface area contributed by atoms with E-state index in [1.165, 1.54) is 11.8 Å². The SMILES string of the molecule is CCCn1c(SCC(=O)O)nnc1N(C)C(C)COC. The fourth-order valence-corrected chi connectivity index (χ4v) is 2.42. The number of rotatable bonds is 9. The molecule has 8 heteroatoms. The van der Waals surface area contributed by atoms with Crippen molar-refractivity contribution in [1.29, 1.82) is 0 Å². The van der Waals surface area contributed by atoms with Crippen molar-refractivity contribution in [3.63, 3.8) is 0 Å².